The first kappa shape index (κ1) is 24.4. The van der Waals surface area contributed by atoms with E-state index in [0.29, 0.717) is 34.8 Å². The summed E-state index contributed by atoms with van der Waals surface area (Å²) in [5.41, 5.74) is 3.83. The Bertz CT molecular complexity index is 1700. The summed E-state index contributed by atoms with van der Waals surface area (Å²) in [7, 11) is 2.08. The van der Waals surface area contributed by atoms with Crippen molar-refractivity contribution in [3.8, 4) is 11.6 Å². The normalized spacial score (nSPS) is 15.8. The number of likely N-dealkylation sites (N-methyl/N-ethyl adjacent to an activating group) is 1. The number of fused-ring (bicyclic) bond motifs is 2. The van der Waals surface area contributed by atoms with Crippen molar-refractivity contribution >= 4 is 39.6 Å². The maximum absolute atomic E-state index is 12.6. The number of amides is 1. The minimum atomic E-state index is -0.162. The van der Waals surface area contributed by atoms with Crippen LogP contribution in [0.15, 0.2) is 73.6 Å². The lowest BCUT2D eigenvalue weighted by molar-refractivity contribution is -0.111. The van der Waals surface area contributed by atoms with E-state index >= 15 is 0 Å². The fraction of sp³-hybridized carbons (Fsp3) is 0.214. The lowest BCUT2D eigenvalue weighted by atomic mass is 10.1. The molecule has 11 nitrogen and oxygen atoms in total. The lowest BCUT2D eigenvalue weighted by Crippen LogP contribution is -2.23. The van der Waals surface area contributed by atoms with E-state index in [0.717, 1.165) is 41.5 Å². The van der Waals surface area contributed by atoms with Gasteiger partial charge in [0.05, 0.1) is 5.52 Å². The molecule has 1 atom stereocenters. The summed E-state index contributed by atoms with van der Waals surface area (Å²) in [6, 6.07) is 13.4. The Morgan fingerprint density at radius 2 is 1.97 bits per heavy atom. The summed E-state index contributed by atoms with van der Waals surface area (Å²) in [6.07, 6.45) is 10.5. The second-order valence-electron chi connectivity index (χ2n) is 9.52. The molecule has 2 aromatic carbocycles. The molecule has 0 unspecified atom stereocenters. The van der Waals surface area contributed by atoms with Gasteiger partial charge in [-0.1, -0.05) is 6.08 Å². The van der Waals surface area contributed by atoms with E-state index in [4.69, 9.17) is 4.74 Å². The van der Waals surface area contributed by atoms with Crippen molar-refractivity contribution in [3.63, 3.8) is 0 Å². The Labute approximate surface area is 224 Å². The van der Waals surface area contributed by atoms with Crippen molar-refractivity contribution < 1.29 is 9.53 Å². The van der Waals surface area contributed by atoms with Gasteiger partial charge in [0, 0.05) is 34.9 Å². The molecule has 0 aliphatic carbocycles. The molecule has 1 fully saturated rings. The first-order valence-electron chi connectivity index (χ1n) is 12.7. The molecule has 0 saturated carbocycles. The number of rotatable bonds is 7. The molecule has 0 spiro atoms. The molecule has 11 heteroatoms. The Hall–Kier alpha value is -4.90. The summed E-state index contributed by atoms with van der Waals surface area (Å²) in [4.78, 5) is 27.9. The third kappa shape index (κ3) is 5.39. The van der Waals surface area contributed by atoms with E-state index in [2.05, 4.69) is 47.7 Å². The molecule has 2 N–H and O–H groups in total. The van der Waals surface area contributed by atoms with Crippen LogP contribution in [0.5, 0.6) is 11.6 Å². The van der Waals surface area contributed by atoms with Crippen LogP contribution in [0.4, 0.5) is 17.2 Å². The Balaban J connectivity index is 1.18. The minimum Gasteiger partial charge on any atom is -0.439 e. The van der Waals surface area contributed by atoms with Crippen LogP contribution >= 0.6 is 0 Å². The van der Waals surface area contributed by atoms with Gasteiger partial charge < -0.3 is 15.4 Å². The van der Waals surface area contributed by atoms with Gasteiger partial charge in [-0.2, -0.15) is 0 Å². The number of ether oxygens (including phenoxy) is 1. The second kappa shape index (κ2) is 10.5. The summed E-state index contributed by atoms with van der Waals surface area (Å²) in [6.45, 7) is 3.02. The summed E-state index contributed by atoms with van der Waals surface area (Å²) in [5, 5.41) is 15.0. The number of benzene rings is 2. The van der Waals surface area contributed by atoms with Crippen LogP contribution in [0.2, 0.25) is 0 Å². The molecule has 196 valence electrons. The predicted octanol–water partition coefficient (Wildman–Crippen LogP) is 4.50. The van der Waals surface area contributed by atoms with Gasteiger partial charge in [-0.3, -0.25) is 14.1 Å². The summed E-state index contributed by atoms with van der Waals surface area (Å²) in [5.74, 6) is 1.57. The number of nitrogens with one attached hydrogen (secondary N) is 2. The van der Waals surface area contributed by atoms with Crippen molar-refractivity contribution in [3.05, 3.63) is 79.2 Å². The third-order valence-corrected chi connectivity index (χ3v) is 6.76. The van der Waals surface area contributed by atoms with E-state index < -0.39 is 0 Å². The molecule has 0 bridgehead atoms. The molecule has 1 saturated heterocycles. The number of hydrogen-bond acceptors (Lipinski definition) is 9. The van der Waals surface area contributed by atoms with Gasteiger partial charge in [0.15, 0.2) is 5.65 Å². The molecule has 6 rings (SSSR count). The average Bonchev–Trinajstić information content (AvgIpc) is 3.57. The topological polar surface area (TPSA) is 122 Å². The zero-order valence-electron chi connectivity index (χ0n) is 21.6. The largest absolute Gasteiger partial charge is 0.439 e. The number of nitrogens with zero attached hydrogens (tertiary/aromatic N) is 7. The minimum absolute atomic E-state index is 0.162. The number of aromatic nitrogens is 6. The quantitative estimate of drug-likeness (QED) is 0.298. The maximum atomic E-state index is 12.6. The SMILES string of the molecule is Cc1cc(Nc2ncnc3ccc(NC(=O)/C=C/[C@@H]4CCCN4C)cc23)ccc1Oc1cc2nncn2cn1. The molecular weight excluding hydrogens is 494 g/mol. The molecule has 1 amide bonds. The lowest BCUT2D eigenvalue weighted by Gasteiger charge is -2.14. The van der Waals surface area contributed by atoms with Crippen LogP contribution < -0.4 is 15.4 Å². The van der Waals surface area contributed by atoms with Gasteiger partial charge in [-0.05, 0) is 75.3 Å². The average molecular weight is 522 g/mol. The second-order valence-corrected chi connectivity index (χ2v) is 9.52. The number of hydrogen-bond donors (Lipinski definition) is 2. The predicted molar refractivity (Wildman–Crippen MR) is 148 cm³/mol. The first-order chi connectivity index (χ1) is 19.0. The van der Waals surface area contributed by atoms with Gasteiger partial charge in [0.25, 0.3) is 0 Å². The van der Waals surface area contributed by atoms with Crippen LogP contribution in [-0.4, -0.2) is 60.0 Å². The van der Waals surface area contributed by atoms with Crippen LogP contribution in [0.3, 0.4) is 0 Å². The highest BCUT2D eigenvalue weighted by Crippen LogP contribution is 2.30. The Morgan fingerprint density at radius 1 is 1.08 bits per heavy atom. The molecule has 0 radical (unpaired) electrons. The van der Waals surface area contributed by atoms with Gasteiger partial charge in [-0.25, -0.2) is 15.0 Å². The first-order valence-corrected chi connectivity index (χ1v) is 12.7. The van der Waals surface area contributed by atoms with Crippen molar-refractivity contribution in [2.75, 3.05) is 24.2 Å². The summed E-state index contributed by atoms with van der Waals surface area (Å²) < 4.78 is 7.69. The molecule has 1 aliphatic rings. The van der Waals surface area contributed by atoms with Gasteiger partial charge in [0.1, 0.15) is 30.5 Å². The highest BCUT2D eigenvalue weighted by molar-refractivity contribution is 6.02. The standard InChI is InChI=1S/C28H27N9O2/c1-18-12-19(6-9-24(18)39-27-14-25-35-32-17-37(25)16-31-27)34-28-22-13-20(5-8-23(22)29-15-30-28)33-26(38)10-7-21-4-3-11-36(21)2/h5-10,12-17,21H,3-4,11H2,1-2H3,(H,33,38)(H,29,30,34)/b10-7+/t21-/m0/s1. The molecular formula is C28H27N9O2. The molecule has 3 aromatic heterocycles. The molecule has 4 heterocycles. The highest BCUT2D eigenvalue weighted by atomic mass is 16.5. The van der Waals surface area contributed by atoms with Crippen LogP contribution in [0.25, 0.3) is 16.6 Å². The number of carbonyl (C=O) groups is 1. The van der Waals surface area contributed by atoms with Crippen molar-refractivity contribution in [1.82, 2.24) is 34.4 Å². The Morgan fingerprint density at radius 3 is 2.82 bits per heavy atom. The summed E-state index contributed by atoms with van der Waals surface area (Å²) >= 11 is 0. The zero-order chi connectivity index (χ0) is 26.8. The number of carbonyl (C=O) groups excluding carboxylic acids is 1. The van der Waals surface area contributed by atoms with Crippen LogP contribution in [-0.2, 0) is 4.79 Å². The van der Waals surface area contributed by atoms with Gasteiger partial charge in [0.2, 0.25) is 11.8 Å². The highest BCUT2D eigenvalue weighted by Gasteiger charge is 2.18. The van der Waals surface area contributed by atoms with E-state index in [9.17, 15) is 4.79 Å². The fourth-order valence-corrected chi connectivity index (χ4v) is 4.65. The number of anilines is 3. The fourth-order valence-electron chi connectivity index (χ4n) is 4.65. The van der Waals surface area contributed by atoms with Gasteiger partial charge >= 0.3 is 0 Å². The van der Waals surface area contributed by atoms with E-state index in [1.165, 1.54) is 6.33 Å². The van der Waals surface area contributed by atoms with E-state index in [1.54, 1.807) is 29.2 Å². The number of likely N-dealkylation sites (tertiary alicyclic amines) is 1. The van der Waals surface area contributed by atoms with Crippen LogP contribution in [0.1, 0.15) is 18.4 Å². The van der Waals surface area contributed by atoms with Crippen LogP contribution in [0, 0.1) is 6.92 Å². The van der Waals surface area contributed by atoms with E-state index in [-0.39, 0.29) is 5.91 Å². The molecule has 1 aliphatic heterocycles. The van der Waals surface area contributed by atoms with Crippen molar-refractivity contribution in [2.45, 2.75) is 25.8 Å². The zero-order valence-corrected chi connectivity index (χ0v) is 21.6. The van der Waals surface area contributed by atoms with Crippen molar-refractivity contribution in [2.24, 2.45) is 0 Å². The van der Waals surface area contributed by atoms with Crippen molar-refractivity contribution in [1.29, 1.82) is 0 Å². The molecule has 39 heavy (non-hydrogen) atoms. The van der Waals surface area contributed by atoms with Gasteiger partial charge in [-0.15, -0.1) is 10.2 Å². The number of aryl methyl sites for hydroxylation is 1. The third-order valence-electron chi connectivity index (χ3n) is 6.76. The van der Waals surface area contributed by atoms with E-state index in [1.807, 2.05) is 49.4 Å². The maximum Gasteiger partial charge on any atom is 0.248 e. The monoisotopic (exact) mass is 521 g/mol. The Kier molecular flexibility index (Phi) is 6.55. The smallest absolute Gasteiger partial charge is 0.248 e. The molecule has 5 aromatic rings.